The van der Waals surface area contributed by atoms with Crippen molar-refractivity contribution in [3.63, 3.8) is 0 Å². The minimum absolute atomic E-state index is 0.126. The van der Waals surface area contributed by atoms with Gasteiger partial charge in [0.25, 0.3) is 16.0 Å². The van der Waals surface area contributed by atoms with Gasteiger partial charge >= 0.3 is 0 Å². The monoisotopic (exact) mass is 347 g/mol. The van der Waals surface area contributed by atoms with Crippen molar-refractivity contribution in [2.75, 3.05) is 4.72 Å². The average molecular weight is 347 g/mol. The number of rotatable bonds is 5. The van der Waals surface area contributed by atoms with Crippen LogP contribution in [0.25, 0.3) is 0 Å². The van der Waals surface area contributed by atoms with E-state index in [9.17, 15) is 12.8 Å². The normalized spacial score (nSPS) is 11.4. The lowest BCUT2D eigenvalue weighted by Crippen LogP contribution is -2.16. The highest BCUT2D eigenvalue weighted by Gasteiger charge is 2.20. The molecule has 7 nitrogen and oxygen atoms in total. The number of halogens is 1. The highest BCUT2D eigenvalue weighted by atomic mass is 32.2. The first-order valence-electron chi connectivity index (χ1n) is 7.01. The van der Waals surface area contributed by atoms with Crippen LogP contribution in [0.1, 0.15) is 11.1 Å². The van der Waals surface area contributed by atoms with E-state index in [0.717, 1.165) is 11.6 Å². The SMILES string of the molecule is Cc1ccc(S(=O)(=O)Nc2ncn(Cc3cccnc3)n2)c(F)c1. The fraction of sp³-hybridized carbons (Fsp3) is 0.133. The Morgan fingerprint density at radius 3 is 2.83 bits per heavy atom. The maximum Gasteiger partial charge on any atom is 0.267 e. The Kier molecular flexibility index (Phi) is 4.26. The van der Waals surface area contributed by atoms with E-state index in [1.54, 1.807) is 25.4 Å². The fourth-order valence-electron chi connectivity index (χ4n) is 2.10. The van der Waals surface area contributed by atoms with Gasteiger partial charge in [0.15, 0.2) is 0 Å². The van der Waals surface area contributed by atoms with E-state index in [1.807, 2.05) is 6.07 Å². The first kappa shape index (κ1) is 16.1. The number of hydrogen-bond acceptors (Lipinski definition) is 5. The molecule has 0 aliphatic rings. The van der Waals surface area contributed by atoms with E-state index in [4.69, 9.17) is 0 Å². The van der Waals surface area contributed by atoms with Gasteiger partial charge in [0.1, 0.15) is 17.0 Å². The van der Waals surface area contributed by atoms with Crippen LogP contribution in [0.4, 0.5) is 10.3 Å². The van der Waals surface area contributed by atoms with Crippen molar-refractivity contribution >= 4 is 16.0 Å². The lowest BCUT2D eigenvalue weighted by molar-refractivity contribution is 0.569. The van der Waals surface area contributed by atoms with Gasteiger partial charge in [-0.2, -0.15) is 4.98 Å². The van der Waals surface area contributed by atoms with Crippen LogP contribution < -0.4 is 4.72 Å². The summed E-state index contributed by atoms with van der Waals surface area (Å²) in [7, 11) is -4.10. The summed E-state index contributed by atoms with van der Waals surface area (Å²) >= 11 is 0. The smallest absolute Gasteiger partial charge is 0.264 e. The van der Waals surface area contributed by atoms with Crippen molar-refractivity contribution in [1.82, 2.24) is 19.7 Å². The van der Waals surface area contributed by atoms with E-state index in [0.29, 0.717) is 12.1 Å². The number of aryl methyl sites for hydroxylation is 1. The summed E-state index contributed by atoms with van der Waals surface area (Å²) in [5, 5.41) is 4.03. The third-order valence-electron chi connectivity index (χ3n) is 3.21. The van der Waals surface area contributed by atoms with Gasteiger partial charge in [-0.25, -0.2) is 22.2 Å². The number of benzene rings is 1. The molecule has 0 bridgehead atoms. The summed E-state index contributed by atoms with van der Waals surface area (Å²) in [6, 6.07) is 7.53. The predicted octanol–water partition coefficient (Wildman–Crippen LogP) is 1.97. The first-order valence-corrected chi connectivity index (χ1v) is 8.50. The van der Waals surface area contributed by atoms with Crippen LogP contribution in [-0.4, -0.2) is 28.2 Å². The number of nitrogens with zero attached hydrogens (tertiary/aromatic N) is 4. The summed E-state index contributed by atoms with van der Waals surface area (Å²) < 4.78 is 42.0. The third-order valence-corrected chi connectivity index (χ3v) is 4.57. The second-order valence-corrected chi connectivity index (χ2v) is 6.82. The Morgan fingerprint density at radius 1 is 1.29 bits per heavy atom. The molecule has 0 atom stereocenters. The number of sulfonamides is 1. The van der Waals surface area contributed by atoms with Gasteiger partial charge in [0, 0.05) is 12.4 Å². The largest absolute Gasteiger partial charge is 0.267 e. The van der Waals surface area contributed by atoms with Crippen LogP contribution in [0.3, 0.4) is 0 Å². The summed E-state index contributed by atoms with van der Waals surface area (Å²) in [5.41, 5.74) is 1.52. The average Bonchev–Trinajstić information content (AvgIpc) is 2.94. The lowest BCUT2D eigenvalue weighted by Gasteiger charge is -2.06. The maximum atomic E-state index is 13.9. The molecule has 0 saturated carbocycles. The van der Waals surface area contributed by atoms with Gasteiger partial charge in [-0.15, -0.1) is 5.10 Å². The maximum absolute atomic E-state index is 13.9. The van der Waals surface area contributed by atoms with Crippen LogP contribution >= 0.6 is 0 Å². The molecule has 9 heteroatoms. The summed E-state index contributed by atoms with van der Waals surface area (Å²) in [5.74, 6) is -0.948. The summed E-state index contributed by atoms with van der Waals surface area (Å²) in [4.78, 5) is 7.43. The van der Waals surface area contributed by atoms with Crippen molar-refractivity contribution in [2.24, 2.45) is 0 Å². The second-order valence-electron chi connectivity index (χ2n) is 5.17. The van der Waals surface area contributed by atoms with Gasteiger partial charge in [0.05, 0.1) is 6.54 Å². The summed E-state index contributed by atoms with van der Waals surface area (Å²) in [6.07, 6.45) is 4.71. The highest BCUT2D eigenvalue weighted by molar-refractivity contribution is 7.92. The van der Waals surface area contributed by atoms with Gasteiger partial charge in [0.2, 0.25) is 0 Å². The van der Waals surface area contributed by atoms with Gasteiger partial charge in [-0.05, 0) is 36.2 Å². The topological polar surface area (TPSA) is 89.8 Å². The minimum Gasteiger partial charge on any atom is -0.264 e. The molecule has 0 saturated heterocycles. The van der Waals surface area contributed by atoms with Crippen LogP contribution in [0.5, 0.6) is 0 Å². The van der Waals surface area contributed by atoms with E-state index < -0.39 is 20.7 Å². The standard InChI is InChI=1S/C15H14FN5O2S/c1-11-4-5-14(13(16)7-11)24(22,23)20-15-18-10-21(19-15)9-12-3-2-6-17-8-12/h2-8,10H,9H2,1H3,(H,19,20). The highest BCUT2D eigenvalue weighted by Crippen LogP contribution is 2.18. The number of aromatic nitrogens is 4. The van der Waals surface area contributed by atoms with Crippen LogP contribution in [0, 0.1) is 12.7 Å². The quantitative estimate of drug-likeness (QED) is 0.762. The van der Waals surface area contributed by atoms with E-state index in [1.165, 1.54) is 23.1 Å². The van der Waals surface area contributed by atoms with Crippen LogP contribution in [0.15, 0.2) is 53.9 Å². The predicted molar refractivity (Wildman–Crippen MR) is 85.3 cm³/mol. The van der Waals surface area contributed by atoms with Crippen molar-refractivity contribution in [3.05, 3.63) is 66.0 Å². The van der Waals surface area contributed by atoms with Gasteiger partial charge in [-0.1, -0.05) is 12.1 Å². The third kappa shape index (κ3) is 3.57. The zero-order valence-corrected chi connectivity index (χ0v) is 13.5. The molecular weight excluding hydrogens is 333 g/mol. The second kappa shape index (κ2) is 6.36. The molecule has 124 valence electrons. The van der Waals surface area contributed by atoms with Crippen molar-refractivity contribution < 1.29 is 12.8 Å². The van der Waals surface area contributed by atoms with Crippen molar-refractivity contribution in [3.8, 4) is 0 Å². The van der Waals surface area contributed by atoms with Crippen LogP contribution in [-0.2, 0) is 16.6 Å². The molecule has 3 rings (SSSR count). The van der Waals surface area contributed by atoms with Gasteiger partial charge < -0.3 is 0 Å². The molecule has 1 aromatic carbocycles. The number of pyridine rings is 1. The van der Waals surface area contributed by atoms with E-state index in [2.05, 4.69) is 19.8 Å². The molecule has 0 spiro atoms. The molecule has 2 heterocycles. The molecule has 0 aliphatic heterocycles. The Hall–Kier alpha value is -2.81. The lowest BCUT2D eigenvalue weighted by atomic mass is 10.2. The molecule has 24 heavy (non-hydrogen) atoms. The number of anilines is 1. The minimum atomic E-state index is -4.10. The molecule has 0 unspecified atom stereocenters. The van der Waals surface area contributed by atoms with Crippen LogP contribution in [0.2, 0.25) is 0 Å². The Balaban J connectivity index is 1.78. The van der Waals surface area contributed by atoms with E-state index >= 15 is 0 Å². The zero-order valence-electron chi connectivity index (χ0n) is 12.7. The molecule has 0 fully saturated rings. The molecule has 0 amide bonds. The molecule has 1 N–H and O–H groups in total. The zero-order chi connectivity index (χ0) is 17.2. The Bertz CT molecular complexity index is 957. The van der Waals surface area contributed by atoms with E-state index in [-0.39, 0.29) is 5.95 Å². The van der Waals surface area contributed by atoms with Gasteiger partial charge in [-0.3, -0.25) is 4.98 Å². The molecule has 2 aromatic heterocycles. The first-order chi connectivity index (χ1) is 11.4. The van der Waals surface area contributed by atoms with Crippen molar-refractivity contribution in [1.29, 1.82) is 0 Å². The number of nitrogens with one attached hydrogen (secondary N) is 1. The molecule has 0 aliphatic carbocycles. The Labute approximate surface area is 138 Å². The summed E-state index contributed by atoms with van der Waals surface area (Å²) in [6.45, 7) is 2.07. The molecule has 3 aromatic rings. The fourth-order valence-corrected chi connectivity index (χ4v) is 3.10. The van der Waals surface area contributed by atoms with Crippen molar-refractivity contribution in [2.45, 2.75) is 18.4 Å². The number of hydrogen-bond donors (Lipinski definition) is 1. The molecule has 0 radical (unpaired) electrons. The Morgan fingerprint density at radius 2 is 2.12 bits per heavy atom. The molecular formula is C15H14FN5O2S.